The zero-order valence-electron chi connectivity index (χ0n) is 20.1. The summed E-state index contributed by atoms with van der Waals surface area (Å²) in [6.45, 7) is 1.65. The van der Waals surface area contributed by atoms with Crippen molar-refractivity contribution in [1.29, 1.82) is 0 Å². The Kier molecular flexibility index (Phi) is 8.13. The first-order valence-corrected chi connectivity index (χ1v) is 11.8. The first kappa shape index (κ1) is 24.7. The number of nitrogens with one attached hydrogen (secondary N) is 1. The van der Waals surface area contributed by atoms with Crippen LogP contribution in [0.15, 0.2) is 78.9 Å². The molecule has 36 heavy (non-hydrogen) atoms. The molecule has 0 aromatic heterocycles. The lowest BCUT2D eigenvalue weighted by Gasteiger charge is -2.15. The molecular formula is C29H28N2O5. The number of hydrogen-bond acceptors (Lipinski definition) is 5. The third-order valence-electron chi connectivity index (χ3n) is 5.91. The van der Waals surface area contributed by atoms with Crippen molar-refractivity contribution in [3.63, 3.8) is 0 Å². The van der Waals surface area contributed by atoms with Gasteiger partial charge in [-0.1, -0.05) is 36.4 Å². The largest absolute Gasteiger partial charge is 0.497 e. The lowest BCUT2D eigenvalue weighted by atomic mass is 10.1. The Morgan fingerprint density at radius 2 is 1.61 bits per heavy atom. The molecular weight excluding hydrogens is 456 g/mol. The molecule has 0 bridgehead atoms. The van der Waals surface area contributed by atoms with E-state index in [1.807, 2.05) is 29.2 Å². The summed E-state index contributed by atoms with van der Waals surface area (Å²) in [6, 6.07) is 21.1. The van der Waals surface area contributed by atoms with Gasteiger partial charge in [-0.25, -0.2) is 4.79 Å². The van der Waals surface area contributed by atoms with Crippen molar-refractivity contribution in [2.45, 2.75) is 19.4 Å². The summed E-state index contributed by atoms with van der Waals surface area (Å²) in [5.41, 5.74) is 2.85. The predicted octanol–water partition coefficient (Wildman–Crippen LogP) is 4.94. The third kappa shape index (κ3) is 6.39. The molecule has 3 aromatic carbocycles. The Morgan fingerprint density at radius 3 is 2.31 bits per heavy atom. The zero-order chi connectivity index (χ0) is 25.3. The normalized spacial score (nSPS) is 13.0. The fraction of sp³-hybridized carbons (Fsp3) is 0.207. The molecule has 1 heterocycles. The number of rotatable bonds is 8. The van der Waals surface area contributed by atoms with Gasteiger partial charge in [0.05, 0.1) is 18.4 Å². The van der Waals surface area contributed by atoms with E-state index in [0.717, 1.165) is 42.8 Å². The summed E-state index contributed by atoms with van der Waals surface area (Å²) in [7, 11) is 1.59. The predicted molar refractivity (Wildman–Crippen MR) is 138 cm³/mol. The molecule has 0 atom stereocenters. The van der Waals surface area contributed by atoms with Gasteiger partial charge in [-0.2, -0.15) is 0 Å². The average Bonchev–Trinajstić information content (AvgIpc) is 3.46. The molecule has 3 aromatic rings. The highest BCUT2D eigenvalue weighted by atomic mass is 16.5. The van der Waals surface area contributed by atoms with Crippen LogP contribution < -0.4 is 10.1 Å². The van der Waals surface area contributed by atoms with E-state index in [1.165, 1.54) is 6.08 Å². The van der Waals surface area contributed by atoms with Crippen LogP contribution in [0.2, 0.25) is 0 Å². The van der Waals surface area contributed by atoms with Crippen LogP contribution in [0.3, 0.4) is 0 Å². The quantitative estimate of drug-likeness (QED) is 0.362. The van der Waals surface area contributed by atoms with E-state index in [4.69, 9.17) is 9.47 Å². The summed E-state index contributed by atoms with van der Waals surface area (Å²) in [6.07, 6.45) is 5.16. The molecule has 0 unspecified atom stereocenters. The number of carbonyl (C=O) groups is 3. The van der Waals surface area contributed by atoms with Gasteiger partial charge in [-0.3, -0.25) is 9.59 Å². The van der Waals surface area contributed by atoms with Gasteiger partial charge in [-0.15, -0.1) is 0 Å². The van der Waals surface area contributed by atoms with Crippen molar-refractivity contribution in [1.82, 2.24) is 4.90 Å². The number of hydrogen-bond donors (Lipinski definition) is 1. The minimum Gasteiger partial charge on any atom is -0.497 e. The Morgan fingerprint density at radius 1 is 0.917 bits per heavy atom. The van der Waals surface area contributed by atoms with Crippen LogP contribution in [-0.2, 0) is 16.1 Å². The molecule has 184 valence electrons. The van der Waals surface area contributed by atoms with Gasteiger partial charge < -0.3 is 19.7 Å². The molecule has 7 heteroatoms. The van der Waals surface area contributed by atoms with Crippen LogP contribution in [0, 0.1) is 0 Å². The van der Waals surface area contributed by atoms with E-state index in [-0.39, 0.29) is 24.0 Å². The van der Waals surface area contributed by atoms with Gasteiger partial charge in [0.2, 0.25) is 5.91 Å². The Hall–Kier alpha value is -4.39. The number of methoxy groups -OCH3 is 1. The molecule has 1 fully saturated rings. The maximum Gasteiger partial charge on any atom is 0.340 e. The van der Waals surface area contributed by atoms with Gasteiger partial charge in [-0.05, 0) is 66.4 Å². The molecule has 1 N–H and O–H groups in total. The summed E-state index contributed by atoms with van der Waals surface area (Å²) < 4.78 is 10.6. The highest BCUT2D eigenvalue weighted by molar-refractivity contribution is 6.06. The number of para-hydroxylation sites is 1. The zero-order valence-corrected chi connectivity index (χ0v) is 20.1. The minimum absolute atomic E-state index is 0.0294. The number of ether oxygens (including phenoxy) is 2. The van der Waals surface area contributed by atoms with Crippen molar-refractivity contribution < 1.29 is 23.9 Å². The van der Waals surface area contributed by atoms with E-state index in [9.17, 15) is 14.4 Å². The minimum atomic E-state index is -0.553. The third-order valence-corrected chi connectivity index (χ3v) is 5.91. The second kappa shape index (κ2) is 11.8. The van der Waals surface area contributed by atoms with E-state index in [2.05, 4.69) is 5.32 Å². The highest BCUT2D eigenvalue weighted by Gasteiger charge is 2.19. The van der Waals surface area contributed by atoms with Gasteiger partial charge in [0, 0.05) is 24.7 Å². The van der Waals surface area contributed by atoms with Crippen LogP contribution >= 0.6 is 0 Å². The number of likely N-dealkylation sites (tertiary alicyclic amines) is 1. The van der Waals surface area contributed by atoms with Crippen molar-refractivity contribution in [3.05, 3.63) is 101 Å². The molecule has 1 aliphatic heterocycles. The molecule has 1 aliphatic rings. The maximum absolute atomic E-state index is 12.7. The van der Waals surface area contributed by atoms with Crippen LogP contribution in [0.5, 0.6) is 5.75 Å². The van der Waals surface area contributed by atoms with Crippen molar-refractivity contribution >= 4 is 29.5 Å². The number of benzene rings is 3. The molecule has 0 radical (unpaired) electrons. The monoisotopic (exact) mass is 484 g/mol. The molecule has 7 nitrogen and oxygen atoms in total. The molecule has 2 amide bonds. The molecule has 0 spiro atoms. The highest BCUT2D eigenvalue weighted by Crippen LogP contribution is 2.19. The van der Waals surface area contributed by atoms with E-state index in [0.29, 0.717) is 11.3 Å². The van der Waals surface area contributed by atoms with Crippen molar-refractivity contribution in [3.8, 4) is 5.75 Å². The van der Waals surface area contributed by atoms with Crippen LogP contribution in [0.25, 0.3) is 6.08 Å². The smallest absolute Gasteiger partial charge is 0.340 e. The first-order valence-electron chi connectivity index (χ1n) is 11.8. The SMILES string of the molecule is COc1ccc(/C=C/C(=O)Nc2ccccc2C(=O)OCc2ccc(C(=O)N3CCCC3)cc2)cc1. The number of amides is 2. The number of carbonyl (C=O) groups excluding carboxylic acids is 3. The Bertz CT molecular complexity index is 1240. The topological polar surface area (TPSA) is 84.9 Å². The fourth-order valence-corrected chi connectivity index (χ4v) is 3.90. The van der Waals surface area contributed by atoms with E-state index >= 15 is 0 Å². The van der Waals surface area contributed by atoms with Crippen LogP contribution in [-0.4, -0.2) is 42.9 Å². The Labute approximate surface area is 210 Å². The van der Waals surface area contributed by atoms with Crippen LogP contribution in [0.4, 0.5) is 5.69 Å². The van der Waals surface area contributed by atoms with Gasteiger partial charge in [0.1, 0.15) is 12.4 Å². The van der Waals surface area contributed by atoms with Gasteiger partial charge in [0.25, 0.3) is 5.91 Å². The van der Waals surface area contributed by atoms with Crippen LogP contribution in [0.1, 0.15) is 44.7 Å². The molecule has 0 aliphatic carbocycles. The summed E-state index contributed by atoms with van der Waals surface area (Å²) in [5, 5.41) is 2.74. The average molecular weight is 485 g/mol. The van der Waals surface area contributed by atoms with Gasteiger partial charge in [0.15, 0.2) is 0 Å². The summed E-state index contributed by atoms with van der Waals surface area (Å²) in [4.78, 5) is 39.5. The molecule has 0 saturated carbocycles. The second-order valence-electron chi connectivity index (χ2n) is 8.41. The Balaban J connectivity index is 1.34. The molecule has 4 rings (SSSR count). The second-order valence-corrected chi connectivity index (χ2v) is 8.41. The van der Waals surface area contributed by atoms with E-state index < -0.39 is 5.97 Å². The number of nitrogens with zero attached hydrogens (tertiary/aromatic N) is 1. The maximum atomic E-state index is 12.7. The van der Waals surface area contributed by atoms with Crippen molar-refractivity contribution in [2.75, 3.05) is 25.5 Å². The molecule has 1 saturated heterocycles. The fourth-order valence-electron chi connectivity index (χ4n) is 3.90. The van der Waals surface area contributed by atoms with Gasteiger partial charge >= 0.3 is 5.97 Å². The summed E-state index contributed by atoms with van der Waals surface area (Å²) in [5.74, 6) is -0.163. The lowest BCUT2D eigenvalue weighted by molar-refractivity contribution is -0.111. The lowest BCUT2D eigenvalue weighted by Crippen LogP contribution is -2.27. The van der Waals surface area contributed by atoms with E-state index in [1.54, 1.807) is 61.7 Å². The first-order chi connectivity index (χ1) is 17.5. The van der Waals surface area contributed by atoms with Crippen molar-refractivity contribution in [2.24, 2.45) is 0 Å². The summed E-state index contributed by atoms with van der Waals surface area (Å²) >= 11 is 0. The standard InChI is InChI=1S/C29H28N2O5/c1-35-24-15-10-21(11-16-24)12-17-27(32)30-26-7-3-2-6-25(26)29(34)36-20-22-8-13-23(14-9-22)28(33)31-18-4-5-19-31/h2-3,6-17H,4-5,18-20H2,1H3,(H,30,32)/b17-12+. The number of anilines is 1. The number of esters is 1.